The minimum Gasteiger partial charge on any atom is -0.488 e. The number of rotatable bonds is 4. The second-order valence-corrected chi connectivity index (χ2v) is 5.45. The first kappa shape index (κ1) is 15.3. The van der Waals surface area contributed by atoms with Crippen LogP contribution in [-0.4, -0.2) is 46.8 Å². The van der Waals surface area contributed by atoms with Crippen LogP contribution < -0.4 is 10.1 Å². The smallest absolute Gasteiger partial charge is 0.317 e. The summed E-state index contributed by atoms with van der Waals surface area (Å²) in [5, 5.41) is 6.63. The number of amides is 2. The number of urea groups is 1. The van der Waals surface area contributed by atoms with Gasteiger partial charge in [-0.3, -0.25) is 0 Å². The molecule has 2 heterocycles. The molecule has 0 saturated carbocycles. The summed E-state index contributed by atoms with van der Waals surface area (Å²) in [6.07, 6.45) is 0.761. The van der Waals surface area contributed by atoms with Gasteiger partial charge in [-0.15, -0.1) is 0 Å². The van der Waals surface area contributed by atoms with Gasteiger partial charge in [-0.05, 0) is 26.0 Å². The lowest BCUT2D eigenvalue weighted by Gasteiger charge is -2.18. The Morgan fingerprint density at radius 3 is 3.04 bits per heavy atom. The summed E-state index contributed by atoms with van der Waals surface area (Å²) in [6, 6.07) is 7.53. The Balaban J connectivity index is 1.71. The predicted molar refractivity (Wildman–Crippen MR) is 84.1 cm³/mol. The van der Waals surface area contributed by atoms with Crippen LogP contribution in [0.3, 0.4) is 0 Å². The topological polar surface area (TPSA) is 80.5 Å². The van der Waals surface area contributed by atoms with Crippen LogP contribution in [0.1, 0.15) is 19.2 Å². The molecule has 1 aliphatic rings. The number of ether oxygens (including phenoxy) is 1. The molecule has 0 bridgehead atoms. The standard InChI is InChI=1S/C16H20N4O3/c1-3-17-16(21)20-9-8-12(10-20)22-14-7-5-4-6-13(14)15-18-11(2)19-23-15/h4-7,12H,3,8-10H2,1-2H3,(H,17,21). The first-order valence-corrected chi connectivity index (χ1v) is 7.76. The van der Waals surface area contributed by atoms with E-state index in [-0.39, 0.29) is 12.1 Å². The third-order valence-electron chi connectivity index (χ3n) is 3.70. The van der Waals surface area contributed by atoms with Gasteiger partial charge in [-0.25, -0.2) is 4.79 Å². The molecule has 0 spiro atoms. The number of aromatic nitrogens is 2. The molecule has 0 aliphatic carbocycles. The SMILES string of the molecule is CCNC(=O)N1CCC(Oc2ccccc2-c2nc(C)no2)C1. The lowest BCUT2D eigenvalue weighted by Crippen LogP contribution is -2.39. The first-order chi connectivity index (χ1) is 11.2. The van der Waals surface area contributed by atoms with Crippen molar-refractivity contribution < 1.29 is 14.1 Å². The molecule has 7 heteroatoms. The average molecular weight is 316 g/mol. The molecule has 2 amide bonds. The van der Waals surface area contributed by atoms with Gasteiger partial charge in [-0.1, -0.05) is 17.3 Å². The Bertz CT molecular complexity index is 685. The van der Waals surface area contributed by atoms with Gasteiger partial charge in [0, 0.05) is 19.5 Å². The maximum atomic E-state index is 11.9. The van der Waals surface area contributed by atoms with Crippen LogP contribution in [0, 0.1) is 6.92 Å². The van der Waals surface area contributed by atoms with Gasteiger partial charge in [-0.2, -0.15) is 4.98 Å². The Kier molecular flexibility index (Phi) is 4.45. The van der Waals surface area contributed by atoms with E-state index < -0.39 is 0 Å². The van der Waals surface area contributed by atoms with E-state index in [1.54, 1.807) is 11.8 Å². The van der Waals surface area contributed by atoms with Crippen LogP contribution in [0.5, 0.6) is 5.75 Å². The van der Waals surface area contributed by atoms with Crippen LogP contribution in [0.15, 0.2) is 28.8 Å². The number of hydrogen-bond acceptors (Lipinski definition) is 5. The average Bonchev–Trinajstić information content (AvgIpc) is 3.17. The quantitative estimate of drug-likeness (QED) is 0.935. The zero-order valence-corrected chi connectivity index (χ0v) is 13.3. The normalized spacial score (nSPS) is 17.3. The van der Waals surface area contributed by atoms with Crippen LogP contribution in [0.2, 0.25) is 0 Å². The van der Waals surface area contributed by atoms with Crippen molar-refractivity contribution in [2.45, 2.75) is 26.4 Å². The number of para-hydroxylation sites is 1. The van der Waals surface area contributed by atoms with E-state index in [4.69, 9.17) is 9.26 Å². The zero-order valence-electron chi connectivity index (χ0n) is 13.3. The lowest BCUT2D eigenvalue weighted by molar-refractivity contribution is 0.187. The maximum Gasteiger partial charge on any atom is 0.317 e. The molecule has 2 aromatic rings. The van der Waals surface area contributed by atoms with Gasteiger partial charge in [0.25, 0.3) is 5.89 Å². The van der Waals surface area contributed by atoms with E-state index in [2.05, 4.69) is 15.5 Å². The molecule has 1 unspecified atom stereocenters. The molecule has 1 saturated heterocycles. The molecular formula is C16H20N4O3. The van der Waals surface area contributed by atoms with E-state index in [9.17, 15) is 4.79 Å². The Morgan fingerprint density at radius 1 is 1.48 bits per heavy atom. The van der Waals surface area contributed by atoms with Crippen LogP contribution in [0.25, 0.3) is 11.5 Å². The molecule has 1 N–H and O–H groups in total. The third kappa shape index (κ3) is 3.44. The van der Waals surface area contributed by atoms with Gasteiger partial charge in [0.15, 0.2) is 5.82 Å². The fourth-order valence-electron chi connectivity index (χ4n) is 2.60. The van der Waals surface area contributed by atoms with Crippen molar-refractivity contribution in [3.8, 4) is 17.2 Å². The van der Waals surface area contributed by atoms with E-state index >= 15 is 0 Å². The first-order valence-electron chi connectivity index (χ1n) is 7.76. The fraction of sp³-hybridized carbons (Fsp3) is 0.438. The second-order valence-electron chi connectivity index (χ2n) is 5.45. The number of nitrogens with one attached hydrogen (secondary N) is 1. The summed E-state index contributed by atoms with van der Waals surface area (Å²) in [6.45, 7) is 5.57. The Morgan fingerprint density at radius 2 is 2.30 bits per heavy atom. The summed E-state index contributed by atoms with van der Waals surface area (Å²) in [4.78, 5) is 17.9. The zero-order chi connectivity index (χ0) is 16.2. The minimum atomic E-state index is -0.0422. The molecule has 122 valence electrons. The highest BCUT2D eigenvalue weighted by Crippen LogP contribution is 2.30. The van der Waals surface area contributed by atoms with Crippen molar-refractivity contribution in [1.29, 1.82) is 0 Å². The summed E-state index contributed by atoms with van der Waals surface area (Å²) >= 11 is 0. The minimum absolute atomic E-state index is 0.0391. The molecule has 1 aliphatic heterocycles. The van der Waals surface area contributed by atoms with E-state index in [0.717, 1.165) is 12.0 Å². The largest absolute Gasteiger partial charge is 0.488 e. The number of likely N-dealkylation sites (tertiary alicyclic amines) is 1. The number of benzene rings is 1. The van der Waals surface area contributed by atoms with Crippen LogP contribution in [-0.2, 0) is 0 Å². The van der Waals surface area contributed by atoms with Crippen LogP contribution in [0.4, 0.5) is 4.79 Å². The molecule has 0 radical (unpaired) electrons. The van der Waals surface area contributed by atoms with Gasteiger partial charge in [0.2, 0.25) is 0 Å². The van der Waals surface area contributed by atoms with Crippen LogP contribution >= 0.6 is 0 Å². The molecule has 3 rings (SSSR count). The number of hydrogen-bond donors (Lipinski definition) is 1. The van der Waals surface area contributed by atoms with E-state index in [1.165, 1.54) is 0 Å². The van der Waals surface area contributed by atoms with Crippen molar-refractivity contribution in [2.75, 3.05) is 19.6 Å². The van der Waals surface area contributed by atoms with Crippen molar-refractivity contribution in [3.05, 3.63) is 30.1 Å². The van der Waals surface area contributed by atoms with Crippen molar-refractivity contribution in [3.63, 3.8) is 0 Å². The predicted octanol–water partition coefficient (Wildman–Crippen LogP) is 2.23. The summed E-state index contributed by atoms with van der Waals surface area (Å²) in [5.74, 6) is 1.72. The number of carbonyl (C=O) groups is 1. The Hall–Kier alpha value is -2.57. The van der Waals surface area contributed by atoms with Gasteiger partial charge in [0.1, 0.15) is 11.9 Å². The fourth-order valence-corrected chi connectivity index (χ4v) is 2.60. The van der Waals surface area contributed by atoms with E-state index in [0.29, 0.717) is 37.1 Å². The van der Waals surface area contributed by atoms with Crippen molar-refractivity contribution in [1.82, 2.24) is 20.4 Å². The van der Waals surface area contributed by atoms with Crippen molar-refractivity contribution in [2.24, 2.45) is 0 Å². The monoisotopic (exact) mass is 316 g/mol. The molecule has 7 nitrogen and oxygen atoms in total. The molecule has 1 aromatic heterocycles. The molecule has 1 atom stereocenters. The summed E-state index contributed by atoms with van der Waals surface area (Å²) in [5.41, 5.74) is 0.768. The van der Waals surface area contributed by atoms with Crippen molar-refractivity contribution >= 4 is 6.03 Å². The number of aryl methyl sites for hydroxylation is 1. The highest BCUT2D eigenvalue weighted by Gasteiger charge is 2.28. The maximum absolute atomic E-state index is 11.9. The second kappa shape index (κ2) is 6.68. The molecule has 1 aromatic carbocycles. The number of nitrogens with zero attached hydrogens (tertiary/aromatic N) is 3. The summed E-state index contributed by atoms with van der Waals surface area (Å²) < 4.78 is 11.3. The third-order valence-corrected chi connectivity index (χ3v) is 3.70. The van der Waals surface area contributed by atoms with Gasteiger partial charge in [0.05, 0.1) is 12.1 Å². The Labute approximate surface area is 134 Å². The highest BCUT2D eigenvalue weighted by atomic mass is 16.5. The summed E-state index contributed by atoms with van der Waals surface area (Å²) in [7, 11) is 0. The number of carbonyl (C=O) groups excluding carboxylic acids is 1. The molecule has 23 heavy (non-hydrogen) atoms. The van der Waals surface area contributed by atoms with E-state index in [1.807, 2.05) is 31.2 Å². The van der Waals surface area contributed by atoms with Gasteiger partial charge >= 0.3 is 6.03 Å². The molecule has 1 fully saturated rings. The highest BCUT2D eigenvalue weighted by molar-refractivity contribution is 5.74. The molecular weight excluding hydrogens is 296 g/mol. The lowest BCUT2D eigenvalue weighted by atomic mass is 10.2. The van der Waals surface area contributed by atoms with Gasteiger partial charge < -0.3 is 19.5 Å².